The fourth-order valence-corrected chi connectivity index (χ4v) is 2.48. The van der Waals surface area contributed by atoms with Crippen molar-refractivity contribution in [3.8, 4) is 0 Å². The van der Waals surface area contributed by atoms with Crippen molar-refractivity contribution in [1.29, 1.82) is 0 Å². The molecule has 0 spiro atoms. The lowest BCUT2D eigenvalue weighted by atomic mass is 10.0. The number of hydrogen-bond acceptors (Lipinski definition) is 3. The summed E-state index contributed by atoms with van der Waals surface area (Å²) in [7, 11) is 3.38. The van der Waals surface area contributed by atoms with Gasteiger partial charge in [-0.25, -0.2) is 0 Å². The fourth-order valence-electron chi connectivity index (χ4n) is 2.48. The van der Waals surface area contributed by atoms with Gasteiger partial charge in [-0.2, -0.15) is 0 Å². The summed E-state index contributed by atoms with van der Waals surface area (Å²) in [5.74, 6) is 1.18. The second kappa shape index (κ2) is 13.8. The summed E-state index contributed by atoms with van der Waals surface area (Å²) in [6, 6.07) is 7.52. The second-order valence-corrected chi connectivity index (χ2v) is 6.16. The van der Waals surface area contributed by atoms with Crippen LogP contribution in [0.5, 0.6) is 0 Å². The van der Waals surface area contributed by atoms with Crippen LogP contribution in [-0.2, 0) is 11.3 Å². The van der Waals surface area contributed by atoms with E-state index in [0.29, 0.717) is 18.0 Å². The lowest BCUT2D eigenvalue weighted by Gasteiger charge is -2.21. The van der Waals surface area contributed by atoms with E-state index < -0.39 is 0 Å². The molecule has 1 aromatic rings. The van der Waals surface area contributed by atoms with Crippen LogP contribution in [0.25, 0.3) is 0 Å². The van der Waals surface area contributed by atoms with Crippen LogP contribution in [0.3, 0.4) is 0 Å². The first kappa shape index (κ1) is 24.7. The Bertz CT molecular complexity index is 547. The summed E-state index contributed by atoms with van der Waals surface area (Å²) in [4.78, 5) is 15.8. The molecule has 0 heterocycles. The van der Waals surface area contributed by atoms with Gasteiger partial charge in [-0.3, -0.25) is 9.79 Å². The third kappa shape index (κ3) is 8.84. The van der Waals surface area contributed by atoms with Gasteiger partial charge in [0.2, 0.25) is 0 Å². The Morgan fingerprint density at radius 1 is 1.19 bits per heavy atom. The predicted octanol–water partition coefficient (Wildman–Crippen LogP) is 2.78. The Morgan fingerprint density at radius 2 is 1.85 bits per heavy atom. The minimum absolute atomic E-state index is 0. The summed E-state index contributed by atoms with van der Waals surface area (Å²) in [6.45, 7) is 8.57. The van der Waals surface area contributed by atoms with E-state index in [1.54, 1.807) is 14.1 Å². The zero-order chi connectivity index (χ0) is 18.7. The van der Waals surface area contributed by atoms with Gasteiger partial charge in [0, 0.05) is 39.4 Å². The number of amides is 1. The van der Waals surface area contributed by atoms with Crippen LogP contribution in [0.1, 0.15) is 43.1 Å². The largest absolute Gasteiger partial charge is 0.378 e. The summed E-state index contributed by atoms with van der Waals surface area (Å²) in [6.07, 6.45) is 1.19. The Balaban J connectivity index is 0.00000625. The Hall–Kier alpha value is -1.35. The molecule has 0 saturated carbocycles. The molecule has 0 aliphatic rings. The van der Waals surface area contributed by atoms with Crippen molar-refractivity contribution in [2.75, 3.05) is 27.2 Å². The summed E-state index contributed by atoms with van der Waals surface area (Å²) >= 11 is 0. The highest BCUT2D eigenvalue weighted by molar-refractivity contribution is 14.0. The summed E-state index contributed by atoms with van der Waals surface area (Å²) < 4.78 is 5.75. The van der Waals surface area contributed by atoms with Crippen LogP contribution >= 0.6 is 24.0 Å². The van der Waals surface area contributed by atoms with E-state index in [9.17, 15) is 4.79 Å². The minimum Gasteiger partial charge on any atom is -0.378 e. The van der Waals surface area contributed by atoms with Gasteiger partial charge in [0.15, 0.2) is 5.96 Å². The maximum atomic E-state index is 11.5. The van der Waals surface area contributed by atoms with E-state index >= 15 is 0 Å². The smallest absolute Gasteiger partial charge is 0.251 e. The number of nitrogens with zero attached hydrogens (tertiary/aromatic N) is 1. The van der Waals surface area contributed by atoms with Crippen molar-refractivity contribution >= 4 is 35.8 Å². The molecule has 0 aromatic heterocycles. The predicted molar refractivity (Wildman–Crippen MR) is 118 cm³/mol. The van der Waals surface area contributed by atoms with Gasteiger partial charge in [-0.1, -0.05) is 26.0 Å². The fraction of sp³-hybridized carbons (Fsp3) is 0.579. The van der Waals surface area contributed by atoms with Crippen LogP contribution < -0.4 is 16.0 Å². The molecule has 0 bridgehead atoms. The van der Waals surface area contributed by atoms with E-state index in [1.165, 1.54) is 0 Å². The number of carbonyl (C=O) groups is 1. The lowest BCUT2D eigenvalue weighted by molar-refractivity contribution is 0.0258. The average Bonchev–Trinajstić information content (AvgIpc) is 2.63. The van der Waals surface area contributed by atoms with Crippen molar-refractivity contribution in [2.45, 2.75) is 39.8 Å². The molecule has 0 saturated heterocycles. The Labute approximate surface area is 174 Å². The van der Waals surface area contributed by atoms with Gasteiger partial charge in [0.1, 0.15) is 0 Å². The molecule has 0 fully saturated rings. The van der Waals surface area contributed by atoms with Crippen molar-refractivity contribution < 1.29 is 9.53 Å². The van der Waals surface area contributed by atoms with Gasteiger partial charge in [0.25, 0.3) is 5.91 Å². The molecular formula is C19H33IN4O2. The van der Waals surface area contributed by atoms with Gasteiger partial charge in [-0.15, -0.1) is 24.0 Å². The number of guanidine groups is 1. The third-order valence-electron chi connectivity index (χ3n) is 3.97. The molecule has 1 amide bonds. The Morgan fingerprint density at radius 3 is 2.35 bits per heavy atom. The molecule has 7 heteroatoms. The molecule has 3 N–H and O–H groups in total. The van der Waals surface area contributed by atoms with Gasteiger partial charge >= 0.3 is 0 Å². The number of nitrogens with one attached hydrogen (secondary N) is 3. The highest BCUT2D eigenvalue weighted by atomic mass is 127. The molecule has 1 unspecified atom stereocenters. The molecular weight excluding hydrogens is 443 g/mol. The highest BCUT2D eigenvalue weighted by Crippen LogP contribution is 2.10. The molecule has 0 radical (unpaired) electrons. The zero-order valence-corrected chi connectivity index (χ0v) is 18.8. The molecule has 1 atom stereocenters. The van der Waals surface area contributed by atoms with Crippen LogP contribution in [0.15, 0.2) is 29.3 Å². The number of ether oxygens (including phenoxy) is 1. The molecule has 6 nitrogen and oxygen atoms in total. The number of rotatable bonds is 9. The van der Waals surface area contributed by atoms with Gasteiger partial charge in [0.05, 0.1) is 6.10 Å². The minimum atomic E-state index is -0.0778. The lowest BCUT2D eigenvalue weighted by Crippen LogP contribution is -2.38. The van der Waals surface area contributed by atoms with Crippen molar-refractivity contribution in [1.82, 2.24) is 16.0 Å². The van der Waals surface area contributed by atoms with E-state index in [4.69, 9.17) is 4.74 Å². The van der Waals surface area contributed by atoms with Crippen LogP contribution in [-0.4, -0.2) is 45.2 Å². The number of aliphatic imine (C=N–C) groups is 1. The third-order valence-corrected chi connectivity index (χ3v) is 3.97. The molecule has 0 aliphatic carbocycles. The van der Waals surface area contributed by atoms with Gasteiger partial charge in [-0.05, 0) is 37.0 Å². The van der Waals surface area contributed by atoms with Crippen LogP contribution in [0, 0.1) is 5.92 Å². The molecule has 26 heavy (non-hydrogen) atoms. The number of carbonyl (C=O) groups excluding carboxylic acids is 1. The SMILES string of the molecule is CCOC(CCNC(=NC)NCc1ccc(C(=O)NC)cc1)C(C)C.I. The topological polar surface area (TPSA) is 74.8 Å². The molecule has 1 rings (SSSR count). The van der Waals surface area contributed by atoms with E-state index in [2.05, 4.69) is 34.8 Å². The number of hydrogen-bond donors (Lipinski definition) is 3. The van der Waals surface area contributed by atoms with E-state index in [1.807, 2.05) is 31.2 Å². The summed E-state index contributed by atoms with van der Waals surface area (Å²) in [5.41, 5.74) is 1.74. The average molecular weight is 476 g/mol. The van der Waals surface area contributed by atoms with Gasteiger partial charge < -0.3 is 20.7 Å². The zero-order valence-electron chi connectivity index (χ0n) is 16.5. The first-order valence-electron chi connectivity index (χ1n) is 8.88. The molecule has 148 valence electrons. The second-order valence-electron chi connectivity index (χ2n) is 6.16. The molecule has 1 aromatic carbocycles. The molecule has 0 aliphatic heterocycles. The number of halogens is 1. The highest BCUT2D eigenvalue weighted by Gasteiger charge is 2.13. The normalized spacial score (nSPS) is 12.3. The van der Waals surface area contributed by atoms with Crippen molar-refractivity contribution in [3.05, 3.63) is 35.4 Å². The first-order valence-corrected chi connectivity index (χ1v) is 8.88. The van der Waals surface area contributed by atoms with Crippen molar-refractivity contribution in [2.24, 2.45) is 10.9 Å². The monoisotopic (exact) mass is 476 g/mol. The van der Waals surface area contributed by atoms with Crippen molar-refractivity contribution in [3.63, 3.8) is 0 Å². The standard InChI is InChI=1S/C19H32N4O2.HI/c1-6-25-17(14(2)3)11-12-22-19(21-5)23-13-15-7-9-16(10-8-15)18(24)20-4;/h7-10,14,17H,6,11-13H2,1-5H3,(H,20,24)(H2,21,22,23);1H. The summed E-state index contributed by atoms with van der Waals surface area (Å²) in [5, 5.41) is 9.21. The van der Waals surface area contributed by atoms with Crippen LogP contribution in [0.2, 0.25) is 0 Å². The maximum Gasteiger partial charge on any atom is 0.251 e. The Kier molecular flexibility index (Phi) is 13.1. The first-order chi connectivity index (χ1) is 12.0. The van der Waals surface area contributed by atoms with E-state index in [-0.39, 0.29) is 36.0 Å². The van der Waals surface area contributed by atoms with E-state index in [0.717, 1.165) is 31.1 Å². The van der Waals surface area contributed by atoms with Crippen LogP contribution in [0.4, 0.5) is 0 Å². The number of benzene rings is 1. The maximum absolute atomic E-state index is 11.5. The quantitative estimate of drug-likeness (QED) is 0.291.